The highest BCUT2D eigenvalue weighted by molar-refractivity contribution is 5.91. The Labute approximate surface area is 147 Å². The lowest BCUT2D eigenvalue weighted by Crippen LogP contribution is -2.23. The first kappa shape index (κ1) is 17.0. The van der Waals surface area contributed by atoms with Gasteiger partial charge >= 0.3 is 5.88 Å². The molecule has 0 atom stereocenters. The first-order valence-electron chi connectivity index (χ1n) is 7.60. The fourth-order valence-corrected chi connectivity index (χ4v) is 2.18. The molecule has 0 fully saturated rings. The summed E-state index contributed by atoms with van der Waals surface area (Å²) >= 11 is 0. The minimum absolute atomic E-state index is 0.0600. The van der Waals surface area contributed by atoms with Crippen molar-refractivity contribution in [3.05, 3.63) is 64.5 Å². The minimum atomic E-state index is -0.712. The van der Waals surface area contributed by atoms with Crippen LogP contribution in [0.1, 0.15) is 10.6 Å². The molecule has 0 aliphatic rings. The number of hydrogen-bond donors (Lipinski definition) is 1. The SMILES string of the molecule is O=C(NCC#CCOc1cccc2cccnc12)c1ccc([N+](=O)[O-])o1. The number of pyridine rings is 1. The Morgan fingerprint density at radius 2 is 2.08 bits per heavy atom. The highest BCUT2D eigenvalue weighted by Crippen LogP contribution is 2.22. The summed E-state index contributed by atoms with van der Waals surface area (Å²) < 4.78 is 10.4. The first-order valence-corrected chi connectivity index (χ1v) is 7.60. The van der Waals surface area contributed by atoms with Crippen LogP contribution in [0.4, 0.5) is 5.88 Å². The van der Waals surface area contributed by atoms with E-state index in [4.69, 9.17) is 9.15 Å². The number of nitrogens with zero attached hydrogens (tertiary/aromatic N) is 2. The molecule has 1 amide bonds. The average molecular weight is 351 g/mol. The monoisotopic (exact) mass is 351 g/mol. The van der Waals surface area contributed by atoms with Crippen molar-refractivity contribution in [3.63, 3.8) is 0 Å². The number of furan rings is 1. The molecule has 2 heterocycles. The molecule has 2 aromatic heterocycles. The Balaban J connectivity index is 1.49. The van der Waals surface area contributed by atoms with Crippen LogP contribution in [0, 0.1) is 22.0 Å². The fourth-order valence-electron chi connectivity index (χ4n) is 2.18. The number of fused-ring (bicyclic) bond motifs is 1. The van der Waals surface area contributed by atoms with Gasteiger partial charge in [0.1, 0.15) is 22.8 Å². The van der Waals surface area contributed by atoms with Gasteiger partial charge in [-0.1, -0.05) is 30.0 Å². The quantitative estimate of drug-likeness (QED) is 0.430. The molecule has 0 spiro atoms. The number of rotatable bonds is 5. The summed E-state index contributed by atoms with van der Waals surface area (Å²) in [5, 5.41) is 14.0. The maximum atomic E-state index is 11.7. The van der Waals surface area contributed by atoms with Gasteiger partial charge in [0.15, 0.2) is 5.76 Å². The normalized spacial score (nSPS) is 10.0. The number of amides is 1. The number of carbonyl (C=O) groups excluding carboxylic acids is 1. The summed E-state index contributed by atoms with van der Waals surface area (Å²) in [7, 11) is 0. The molecule has 8 heteroatoms. The van der Waals surface area contributed by atoms with Crippen molar-refractivity contribution in [2.24, 2.45) is 0 Å². The van der Waals surface area contributed by atoms with E-state index in [1.54, 1.807) is 6.20 Å². The molecule has 130 valence electrons. The topological polar surface area (TPSA) is 108 Å². The molecule has 0 saturated carbocycles. The van der Waals surface area contributed by atoms with Gasteiger partial charge in [0, 0.05) is 11.6 Å². The molecule has 0 bridgehead atoms. The van der Waals surface area contributed by atoms with Crippen LogP contribution in [-0.4, -0.2) is 29.0 Å². The van der Waals surface area contributed by atoms with E-state index in [0.29, 0.717) is 5.75 Å². The molecule has 1 aromatic carbocycles. The third kappa shape index (κ3) is 3.96. The van der Waals surface area contributed by atoms with Crippen LogP contribution in [0.5, 0.6) is 5.75 Å². The molecule has 1 N–H and O–H groups in total. The maximum absolute atomic E-state index is 11.7. The van der Waals surface area contributed by atoms with E-state index < -0.39 is 16.7 Å². The van der Waals surface area contributed by atoms with E-state index in [2.05, 4.69) is 22.1 Å². The zero-order valence-corrected chi connectivity index (χ0v) is 13.5. The number of nitro groups is 1. The van der Waals surface area contributed by atoms with Crippen LogP contribution in [0.2, 0.25) is 0 Å². The van der Waals surface area contributed by atoms with Crippen LogP contribution < -0.4 is 10.1 Å². The van der Waals surface area contributed by atoms with Crippen molar-refractivity contribution < 1.29 is 18.9 Å². The summed E-state index contributed by atoms with van der Waals surface area (Å²) in [6.07, 6.45) is 1.69. The highest BCUT2D eigenvalue weighted by atomic mass is 16.6. The van der Waals surface area contributed by atoms with Gasteiger partial charge in [-0.05, 0) is 18.2 Å². The van der Waals surface area contributed by atoms with Gasteiger partial charge in [-0.3, -0.25) is 19.9 Å². The number of ether oxygens (including phenoxy) is 1. The molecule has 0 radical (unpaired) electrons. The number of nitrogens with one attached hydrogen (secondary N) is 1. The fraction of sp³-hybridized carbons (Fsp3) is 0.111. The smallest absolute Gasteiger partial charge is 0.433 e. The van der Waals surface area contributed by atoms with Crippen LogP contribution in [-0.2, 0) is 0 Å². The van der Waals surface area contributed by atoms with Crippen molar-refractivity contribution in [2.75, 3.05) is 13.2 Å². The summed E-state index contributed by atoms with van der Waals surface area (Å²) in [6.45, 7) is 0.197. The zero-order chi connectivity index (χ0) is 18.4. The zero-order valence-electron chi connectivity index (χ0n) is 13.5. The van der Waals surface area contributed by atoms with E-state index >= 15 is 0 Å². The second-order valence-electron chi connectivity index (χ2n) is 5.05. The maximum Gasteiger partial charge on any atom is 0.433 e. The number of benzene rings is 1. The van der Waals surface area contributed by atoms with Gasteiger partial charge in [0.05, 0.1) is 12.6 Å². The number of para-hydroxylation sites is 1. The highest BCUT2D eigenvalue weighted by Gasteiger charge is 2.16. The third-order valence-electron chi connectivity index (χ3n) is 3.35. The Bertz CT molecular complexity index is 1010. The molecule has 0 saturated heterocycles. The number of carbonyl (C=O) groups is 1. The molecule has 0 aliphatic heterocycles. The van der Waals surface area contributed by atoms with Gasteiger partial charge < -0.3 is 14.5 Å². The predicted octanol–water partition coefficient (Wildman–Crippen LogP) is 2.55. The van der Waals surface area contributed by atoms with E-state index in [0.717, 1.165) is 17.0 Å². The van der Waals surface area contributed by atoms with E-state index in [1.165, 1.54) is 6.07 Å². The first-order chi connectivity index (χ1) is 12.6. The summed E-state index contributed by atoms with van der Waals surface area (Å²) in [5.41, 5.74) is 0.754. The second-order valence-corrected chi connectivity index (χ2v) is 5.05. The van der Waals surface area contributed by atoms with Crippen LogP contribution >= 0.6 is 0 Å². The Hall–Kier alpha value is -3.86. The Kier molecular flexibility index (Phi) is 5.10. The van der Waals surface area contributed by atoms with Gasteiger partial charge in [-0.25, -0.2) is 0 Å². The summed E-state index contributed by atoms with van der Waals surface area (Å²) in [5.74, 6) is 4.93. The lowest BCUT2D eigenvalue weighted by molar-refractivity contribution is -0.402. The van der Waals surface area contributed by atoms with Crippen molar-refractivity contribution in [1.82, 2.24) is 10.3 Å². The molecular formula is C18H13N3O5. The molecular weight excluding hydrogens is 338 g/mol. The van der Waals surface area contributed by atoms with Gasteiger partial charge in [0.2, 0.25) is 0 Å². The standard InChI is InChI=1S/C18H13N3O5/c22-18(15-8-9-16(26-15)21(23)24)20-10-1-2-12-25-14-7-3-5-13-6-4-11-19-17(13)14/h3-9,11H,10,12H2,(H,20,22). The van der Waals surface area contributed by atoms with Gasteiger partial charge in [-0.2, -0.15) is 0 Å². The summed E-state index contributed by atoms with van der Waals surface area (Å²) in [4.78, 5) is 25.8. The van der Waals surface area contributed by atoms with Crippen LogP contribution in [0.25, 0.3) is 10.9 Å². The van der Waals surface area contributed by atoms with Crippen molar-refractivity contribution in [2.45, 2.75) is 0 Å². The third-order valence-corrected chi connectivity index (χ3v) is 3.35. The molecule has 0 unspecified atom stereocenters. The van der Waals surface area contributed by atoms with Crippen molar-refractivity contribution in [3.8, 4) is 17.6 Å². The van der Waals surface area contributed by atoms with Gasteiger partial charge in [-0.15, -0.1) is 0 Å². The summed E-state index contributed by atoms with van der Waals surface area (Å²) in [6, 6.07) is 11.8. The van der Waals surface area contributed by atoms with Crippen molar-refractivity contribution >= 4 is 22.7 Å². The van der Waals surface area contributed by atoms with E-state index in [9.17, 15) is 14.9 Å². The second kappa shape index (κ2) is 7.81. The number of hydrogen-bond acceptors (Lipinski definition) is 6. The Morgan fingerprint density at radius 3 is 2.88 bits per heavy atom. The molecule has 3 aromatic rings. The lowest BCUT2D eigenvalue weighted by atomic mass is 10.2. The van der Waals surface area contributed by atoms with E-state index in [-0.39, 0.29) is 18.9 Å². The number of aromatic nitrogens is 1. The Morgan fingerprint density at radius 1 is 1.23 bits per heavy atom. The van der Waals surface area contributed by atoms with Gasteiger partial charge in [0.25, 0.3) is 5.91 Å². The van der Waals surface area contributed by atoms with Crippen LogP contribution in [0.3, 0.4) is 0 Å². The predicted molar refractivity (Wildman–Crippen MR) is 92.7 cm³/mol. The molecule has 3 rings (SSSR count). The van der Waals surface area contributed by atoms with Crippen LogP contribution in [0.15, 0.2) is 53.1 Å². The van der Waals surface area contributed by atoms with Crippen molar-refractivity contribution in [1.29, 1.82) is 0 Å². The average Bonchev–Trinajstić information content (AvgIpc) is 3.15. The lowest BCUT2D eigenvalue weighted by Gasteiger charge is -2.05. The molecule has 26 heavy (non-hydrogen) atoms. The molecule has 0 aliphatic carbocycles. The minimum Gasteiger partial charge on any atom is -0.479 e. The van der Waals surface area contributed by atoms with E-state index in [1.807, 2.05) is 30.3 Å². The largest absolute Gasteiger partial charge is 0.479 e. The molecule has 8 nitrogen and oxygen atoms in total.